The third kappa shape index (κ3) is 3.26. The minimum Gasteiger partial charge on any atom is -0.494 e. The normalized spacial score (nSPS) is 16.8. The molecule has 1 aliphatic carbocycles. The van der Waals surface area contributed by atoms with Gasteiger partial charge in [-0.2, -0.15) is 0 Å². The van der Waals surface area contributed by atoms with Gasteiger partial charge in [0.05, 0.1) is 6.61 Å². The van der Waals surface area contributed by atoms with Gasteiger partial charge in [-0.3, -0.25) is 0 Å². The van der Waals surface area contributed by atoms with Crippen LogP contribution in [0.25, 0.3) is 0 Å². The molecule has 0 saturated carbocycles. The smallest absolute Gasteiger partial charge is 0.115 e. The maximum atomic E-state index is 5.50. The quantitative estimate of drug-likeness (QED) is 0.602. The lowest BCUT2D eigenvalue weighted by atomic mass is 10.2. The first kappa shape index (κ1) is 8.38. The number of ether oxygens (including phenoxy) is 1. The second-order valence-corrected chi connectivity index (χ2v) is 3.14. The van der Waals surface area contributed by atoms with Gasteiger partial charge in [-0.25, -0.2) is 0 Å². The summed E-state index contributed by atoms with van der Waals surface area (Å²) in [6.07, 6.45) is 9.26. The minimum atomic E-state index is 0.607. The highest BCUT2D eigenvalue weighted by molar-refractivity contribution is 5.21. The summed E-state index contributed by atoms with van der Waals surface area (Å²) >= 11 is 0. The Hall–Kier alpha value is -0.720. The van der Waals surface area contributed by atoms with Crippen molar-refractivity contribution in [2.45, 2.75) is 20.3 Å². The molecule has 0 aromatic heterocycles. The van der Waals surface area contributed by atoms with E-state index in [0.29, 0.717) is 5.92 Å². The summed E-state index contributed by atoms with van der Waals surface area (Å²) in [4.78, 5) is 0. The minimum absolute atomic E-state index is 0.607. The molecule has 0 fully saturated rings. The van der Waals surface area contributed by atoms with Crippen LogP contribution >= 0.6 is 0 Å². The lowest BCUT2D eigenvalue weighted by molar-refractivity contribution is 0.188. The van der Waals surface area contributed by atoms with E-state index in [0.717, 1.165) is 18.8 Å². The Morgan fingerprint density at radius 2 is 2.36 bits per heavy atom. The molecule has 1 aliphatic rings. The van der Waals surface area contributed by atoms with E-state index in [9.17, 15) is 0 Å². The van der Waals surface area contributed by atoms with Crippen LogP contribution in [0.3, 0.4) is 0 Å². The summed E-state index contributed by atoms with van der Waals surface area (Å²) in [7, 11) is 0. The van der Waals surface area contributed by atoms with Crippen LogP contribution < -0.4 is 0 Å². The van der Waals surface area contributed by atoms with Gasteiger partial charge < -0.3 is 4.74 Å². The molecule has 0 spiro atoms. The molecular formula is C10H15O. The Morgan fingerprint density at radius 3 is 2.91 bits per heavy atom. The standard InChI is InChI=1S/C10H15O/c1-9(2)8-11-10-6-4-3-5-7-10/h3-4,6-7,9H,5,8H2,1-2H3. The first-order valence-corrected chi connectivity index (χ1v) is 4.12. The third-order valence-corrected chi connectivity index (χ3v) is 1.44. The molecule has 0 heterocycles. The van der Waals surface area contributed by atoms with Crippen molar-refractivity contribution in [1.82, 2.24) is 0 Å². The van der Waals surface area contributed by atoms with Crippen molar-refractivity contribution in [3.8, 4) is 0 Å². The topological polar surface area (TPSA) is 9.23 Å². The maximum Gasteiger partial charge on any atom is 0.115 e. The predicted octanol–water partition coefficient (Wildman–Crippen LogP) is 2.71. The summed E-state index contributed by atoms with van der Waals surface area (Å²) in [5.41, 5.74) is 0. The molecule has 0 saturated heterocycles. The molecule has 1 heteroatoms. The highest BCUT2D eigenvalue weighted by Gasteiger charge is 1.99. The van der Waals surface area contributed by atoms with Crippen LogP contribution in [-0.2, 0) is 4.74 Å². The molecule has 0 bridgehead atoms. The number of rotatable bonds is 3. The molecule has 11 heavy (non-hydrogen) atoms. The van der Waals surface area contributed by atoms with E-state index in [1.165, 1.54) is 0 Å². The lowest BCUT2D eigenvalue weighted by Gasteiger charge is -2.11. The maximum absolute atomic E-state index is 5.50. The van der Waals surface area contributed by atoms with Gasteiger partial charge in [0, 0.05) is 0 Å². The second-order valence-electron chi connectivity index (χ2n) is 3.14. The van der Waals surface area contributed by atoms with Crippen molar-refractivity contribution in [1.29, 1.82) is 0 Å². The van der Waals surface area contributed by atoms with Crippen molar-refractivity contribution in [3.63, 3.8) is 0 Å². The molecule has 0 aliphatic heterocycles. The fraction of sp³-hybridized carbons (Fsp3) is 0.500. The average Bonchev–Trinajstić information content (AvgIpc) is 2.03. The highest BCUT2D eigenvalue weighted by Crippen LogP contribution is 2.10. The van der Waals surface area contributed by atoms with Crippen LogP contribution in [-0.4, -0.2) is 6.61 Å². The fourth-order valence-electron chi connectivity index (χ4n) is 0.864. The Labute approximate surface area is 68.8 Å². The molecule has 1 rings (SSSR count). The van der Waals surface area contributed by atoms with Crippen LogP contribution in [0.15, 0.2) is 24.0 Å². The summed E-state index contributed by atoms with van der Waals surface area (Å²) in [6.45, 7) is 5.12. The zero-order valence-corrected chi connectivity index (χ0v) is 7.21. The van der Waals surface area contributed by atoms with E-state index in [1.54, 1.807) is 0 Å². The largest absolute Gasteiger partial charge is 0.494 e. The number of hydrogen-bond acceptors (Lipinski definition) is 1. The molecule has 1 nitrogen and oxygen atoms in total. The second kappa shape index (κ2) is 4.22. The summed E-state index contributed by atoms with van der Waals surface area (Å²) < 4.78 is 5.50. The van der Waals surface area contributed by atoms with Crippen molar-refractivity contribution >= 4 is 0 Å². The number of allylic oxidation sites excluding steroid dienone is 3. The summed E-state index contributed by atoms with van der Waals surface area (Å²) in [5.74, 6) is 1.62. The van der Waals surface area contributed by atoms with Gasteiger partial charge in [0.25, 0.3) is 0 Å². The van der Waals surface area contributed by atoms with E-state index < -0.39 is 0 Å². The Bertz CT molecular complexity index is 166. The zero-order valence-electron chi connectivity index (χ0n) is 7.21. The van der Waals surface area contributed by atoms with Crippen molar-refractivity contribution in [2.24, 2.45) is 5.92 Å². The molecule has 0 amide bonds. The van der Waals surface area contributed by atoms with E-state index in [-0.39, 0.29) is 0 Å². The third-order valence-electron chi connectivity index (χ3n) is 1.44. The molecule has 0 aromatic carbocycles. The SMILES string of the molecule is CC(C)COC1=CC[CH]C=C1. The van der Waals surface area contributed by atoms with Gasteiger partial charge in [0.2, 0.25) is 0 Å². The van der Waals surface area contributed by atoms with E-state index in [1.807, 2.05) is 12.2 Å². The molecule has 61 valence electrons. The fourth-order valence-corrected chi connectivity index (χ4v) is 0.864. The molecule has 0 aromatic rings. The van der Waals surface area contributed by atoms with Crippen LogP contribution in [0.2, 0.25) is 0 Å². The summed E-state index contributed by atoms with van der Waals surface area (Å²) in [5, 5.41) is 0. The van der Waals surface area contributed by atoms with E-state index in [4.69, 9.17) is 4.74 Å². The monoisotopic (exact) mass is 151 g/mol. The molecular weight excluding hydrogens is 136 g/mol. The van der Waals surface area contributed by atoms with Gasteiger partial charge in [0.15, 0.2) is 0 Å². The van der Waals surface area contributed by atoms with Crippen molar-refractivity contribution < 1.29 is 4.74 Å². The molecule has 0 atom stereocenters. The van der Waals surface area contributed by atoms with Crippen molar-refractivity contribution in [3.05, 3.63) is 30.4 Å². The first-order chi connectivity index (χ1) is 5.29. The van der Waals surface area contributed by atoms with Gasteiger partial charge in [-0.05, 0) is 30.9 Å². The van der Waals surface area contributed by atoms with Gasteiger partial charge >= 0.3 is 0 Å². The zero-order chi connectivity index (χ0) is 8.10. The Morgan fingerprint density at radius 1 is 1.55 bits per heavy atom. The Balaban J connectivity index is 2.25. The molecule has 1 radical (unpaired) electrons. The average molecular weight is 151 g/mol. The Kier molecular flexibility index (Phi) is 3.21. The van der Waals surface area contributed by atoms with Gasteiger partial charge in [-0.15, -0.1) is 0 Å². The van der Waals surface area contributed by atoms with Crippen LogP contribution in [0.1, 0.15) is 20.3 Å². The van der Waals surface area contributed by atoms with Gasteiger partial charge in [-0.1, -0.05) is 19.9 Å². The van der Waals surface area contributed by atoms with E-state index >= 15 is 0 Å². The lowest BCUT2D eigenvalue weighted by Crippen LogP contribution is -2.01. The predicted molar refractivity (Wildman–Crippen MR) is 46.9 cm³/mol. The van der Waals surface area contributed by atoms with Crippen LogP contribution in [0.4, 0.5) is 0 Å². The van der Waals surface area contributed by atoms with Crippen molar-refractivity contribution in [2.75, 3.05) is 6.61 Å². The van der Waals surface area contributed by atoms with E-state index in [2.05, 4.69) is 26.3 Å². The molecule has 0 unspecified atom stereocenters. The van der Waals surface area contributed by atoms with Crippen LogP contribution in [0.5, 0.6) is 0 Å². The first-order valence-electron chi connectivity index (χ1n) is 4.12. The highest BCUT2D eigenvalue weighted by atomic mass is 16.5. The van der Waals surface area contributed by atoms with Gasteiger partial charge in [0.1, 0.15) is 5.76 Å². The van der Waals surface area contributed by atoms with Crippen LogP contribution in [0, 0.1) is 12.3 Å². The number of hydrogen-bond donors (Lipinski definition) is 0. The summed E-state index contributed by atoms with van der Waals surface area (Å²) in [6, 6.07) is 0. The molecule has 0 N–H and O–H groups in total.